The Morgan fingerprint density at radius 2 is 2.07 bits per heavy atom. The van der Waals surface area contributed by atoms with Gasteiger partial charge in [-0.25, -0.2) is 0 Å². The first-order valence-corrected chi connectivity index (χ1v) is 9.96. The van der Waals surface area contributed by atoms with Gasteiger partial charge in [0.2, 0.25) is 5.91 Å². The standard InChI is InChI=1S/C20H23N3O3S/c1-2-3-8-19(24)22(14-16-9-10-20(27-16)23(25)26)12-11-15-13-21-18-7-5-4-6-17(15)18/h4-7,9-10,13,21H,2-3,8,11-12,14H2,1H3. The molecule has 2 aromatic heterocycles. The van der Waals surface area contributed by atoms with Gasteiger partial charge in [-0.3, -0.25) is 14.9 Å². The minimum Gasteiger partial charge on any atom is -0.361 e. The predicted molar refractivity (Wildman–Crippen MR) is 108 cm³/mol. The van der Waals surface area contributed by atoms with E-state index in [1.807, 2.05) is 29.3 Å². The Bertz CT molecular complexity index is 931. The number of rotatable bonds is 9. The number of hydrogen-bond acceptors (Lipinski definition) is 4. The highest BCUT2D eigenvalue weighted by Gasteiger charge is 2.17. The van der Waals surface area contributed by atoms with Crippen LogP contribution < -0.4 is 0 Å². The van der Waals surface area contributed by atoms with Crippen molar-refractivity contribution in [3.8, 4) is 0 Å². The second kappa shape index (κ2) is 8.81. The average molecular weight is 385 g/mol. The van der Waals surface area contributed by atoms with Gasteiger partial charge in [-0.2, -0.15) is 0 Å². The van der Waals surface area contributed by atoms with Gasteiger partial charge in [0.1, 0.15) is 0 Å². The molecule has 27 heavy (non-hydrogen) atoms. The Morgan fingerprint density at radius 1 is 1.26 bits per heavy atom. The topological polar surface area (TPSA) is 79.2 Å². The lowest BCUT2D eigenvalue weighted by atomic mass is 10.1. The number of nitrogens with one attached hydrogen (secondary N) is 1. The summed E-state index contributed by atoms with van der Waals surface area (Å²) >= 11 is 1.14. The van der Waals surface area contributed by atoms with Gasteiger partial charge in [-0.05, 0) is 30.5 Å². The van der Waals surface area contributed by atoms with Gasteiger partial charge in [-0.1, -0.05) is 42.9 Å². The highest BCUT2D eigenvalue weighted by Crippen LogP contribution is 2.26. The van der Waals surface area contributed by atoms with Crippen molar-refractivity contribution >= 4 is 33.1 Å². The molecule has 1 amide bonds. The maximum Gasteiger partial charge on any atom is 0.324 e. The van der Waals surface area contributed by atoms with E-state index >= 15 is 0 Å². The first-order valence-electron chi connectivity index (χ1n) is 9.14. The third-order valence-electron chi connectivity index (χ3n) is 4.60. The molecule has 6 nitrogen and oxygen atoms in total. The van der Waals surface area contributed by atoms with E-state index in [0.717, 1.165) is 41.0 Å². The number of nitro groups is 1. The molecule has 0 saturated heterocycles. The SMILES string of the molecule is CCCCC(=O)N(CCc1c[nH]c2ccccc12)Cc1ccc([N+](=O)[O-])s1. The van der Waals surface area contributed by atoms with Crippen molar-refractivity contribution in [1.29, 1.82) is 0 Å². The Hall–Kier alpha value is -2.67. The van der Waals surface area contributed by atoms with E-state index in [-0.39, 0.29) is 15.8 Å². The number of fused-ring (bicyclic) bond motifs is 1. The van der Waals surface area contributed by atoms with Crippen molar-refractivity contribution in [2.75, 3.05) is 6.54 Å². The molecular weight excluding hydrogens is 362 g/mol. The second-order valence-corrected chi connectivity index (χ2v) is 7.67. The fourth-order valence-corrected chi connectivity index (χ4v) is 3.95. The number of amides is 1. The van der Waals surface area contributed by atoms with Crippen LogP contribution in [0.3, 0.4) is 0 Å². The number of H-pyrrole nitrogens is 1. The number of thiophene rings is 1. The molecule has 1 aromatic carbocycles. The predicted octanol–water partition coefficient (Wildman–Crippen LogP) is 4.90. The van der Waals surface area contributed by atoms with Crippen molar-refractivity contribution in [3.63, 3.8) is 0 Å². The van der Waals surface area contributed by atoms with Crippen molar-refractivity contribution in [2.45, 2.75) is 39.2 Å². The lowest BCUT2D eigenvalue weighted by Gasteiger charge is -2.22. The van der Waals surface area contributed by atoms with Crippen LogP contribution in [-0.2, 0) is 17.8 Å². The number of para-hydroxylation sites is 1. The summed E-state index contributed by atoms with van der Waals surface area (Å²) in [4.78, 5) is 29.1. The molecule has 0 aliphatic rings. The van der Waals surface area contributed by atoms with E-state index in [9.17, 15) is 14.9 Å². The van der Waals surface area contributed by atoms with E-state index < -0.39 is 0 Å². The number of unbranched alkanes of at least 4 members (excludes halogenated alkanes) is 1. The zero-order valence-electron chi connectivity index (χ0n) is 15.3. The molecule has 3 aromatic rings. The number of aromatic nitrogens is 1. The molecule has 0 aliphatic carbocycles. The highest BCUT2D eigenvalue weighted by atomic mass is 32.1. The summed E-state index contributed by atoms with van der Waals surface area (Å²) in [5, 5.41) is 12.2. The van der Waals surface area contributed by atoms with Crippen LogP contribution in [0.2, 0.25) is 0 Å². The van der Waals surface area contributed by atoms with E-state index in [2.05, 4.69) is 18.0 Å². The van der Waals surface area contributed by atoms with Gasteiger partial charge in [0.15, 0.2) is 0 Å². The van der Waals surface area contributed by atoms with Crippen LogP contribution in [0, 0.1) is 10.1 Å². The average Bonchev–Trinajstić information content (AvgIpc) is 3.30. The molecule has 0 atom stereocenters. The molecule has 0 radical (unpaired) electrons. The molecule has 0 spiro atoms. The fraction of sp³-hybridized carbons (Fsp3) is 0.350. The molecule has 3 rings (SSSR count). The second-order valence-electron chi connectivity index (χ2n) is 6.53. The molecule has 1 N–H and O–H groups in total. The minimum atomic E-state index is -0.386. The molecule has 0 unspecified atom stereocenters. The van der Waals surface area contributed by atoms with Gasteiger partial charge in [0.05, 0.1) is 11.5 Å². The molecule has 0 saturated carbocycles. The molecule has 7 heteroatoms. The summed E-state index contributed by atoms with van der Waals surface area (Å²) in [7, 11) is 0. The number of aromatic amines is 1. The van der Waals surface area contributed by atoms with Crippen LogP contribution in [0.25, 0.3) is 10.9 Å². The Kier molecular flexibility index (Phi) is 6.24. The van der Waals surface area contributed by atoms with E-state index in [1.165, 1.54) is 17.0 Å². The molecule has 2 heterocycles. The van der Waals surface area contributed by atoms with Crippen molar-refractivity contribution < 1.29 is 9.72 Å². The zero-order chi connectivity index (χ0) is 19.2. The lowest BCUT2D eigenvalue weighted by Crippen LogP contribution is -2.32. The maximum atomic E-state index is 12.7. The molecule has 0 fully saturated rings. The monoisotopic (exact) mass is 385 g/mol. The third kappa shape index (κ3) is 4.74. The molecular formula is C20H23N3O3S. The van der Waals surface area contributed by atoms with Crippen LogP contribution in [-0.4, -0.2) is 27.3 Å². The van der Waals surface area contributed by atoms with Gasteiger partial charge in [-0.15, -0.1) is 0 Å². The van der Waals surface area contributed by atoms with Gasteiger partial charge in [0, 0.05) is 41.0 Å². The Balaban J connectivity index is 1.72. The number of benzene rings is 1. The van der Waals surface area contributed by atoms with Gasteiger partial charge < -0.3 is 9.88 Å². The normalized spacial score (nSPS) is 11.0. The number of carbonyl (C=O) groups is 1. The zero-order valence-corrected chi connectivity index (χ0v) is 16.1. The first kappa shape index (κ1) is 19.1. The summed E-state index contributed by atoms with van der Waals surface area (Å²) in [5.74, 6) is 0.104. The first-order chi connectivity index (χ1) is 13.1. The maximum absolute atomic E-state index is 12.7. The van der Waals surface area contributed by atoms with Gasteiger partial charge >= 0.3 is 5.00 Å². The van der Waals surface area contributed by atoms with E-state index in [1.54, 1.807) is 6.07 Å². The quantitative estimate of drug-likeness (QED) is 0.420. The third-order valence-corrected chi connectivity index (χ3v) is 5.62. The molecule has 142 valence electrons. The summed E-state index contributed by atoms with van der Waals surface area (Å²) in [6.45, 7) is 3.08. The Morgan fingerprint density at radius 3 is 2.81 bits per heavy atom. The smallest absolute Gasteiger partial charge is 0.324 e. The van der Waals surface area contributed by atoms with Crippen molar-refractivity contribution in [1.82, 2.24) is 9.88 Å². The minimum absolute atomic E-state index is 0.104. The number of hydrogen-bond donors (Lipinski definition) is 1. The summed E-state index contributed by atoms with van der Waals surface area (Å²) in [6.07, 6.45) is 5.07. The fourth-order valence-electron chi connectivity index (χ4n) is 3.11. The van der Waals surface area contributed by atoms with Crippen LogP contribution in [0.1, 0.15) is 36.6 Å². The number of carbonyl (C=O) groups excluding carboxylic acids is 1. The van der Waals surface area contributed by atoms with Crippen LogP contribution >= 0.6 is 11.3 Å². The van der Waals surface area contributed by atoms with Crippen LogP contribution in [0.15, 0.2) is 42.6 Å². The van der Waals surface area contributed by atoms with Crippen LogP contribution in [0.4, 0.5) is 5.00 Å². The number of nitrogens with zero attached hydrogens (tertiary/aromatic N) is 2. The van der Waals surface area contributed by atoms with E-state index in [4.69, 9.17) is 0 Å². The van der Waals surface area contributed by atoms with Crippen molar-refractivity contribution in [2.24, 2.45) is 0 Å². The Labute approximate surface area is 162 Å². The highest BCUT2D eigenvalue weighted by molar-refractivity contribution is 7.15. The van der Waals surface area contributed by atoms with Crippen LogP contribution in [0.5, 0.6) is 0 Å². The largest absolute Gasteiger partial charge is 0.361 e. The van der Waals surface area contributed by atoms with E-state index in [0.29, 0.717) is 19.5 Å². The molecule has 0 aliphatic heterocycles. The summed E-state index contributed by atoms with van der Waals surface area (Å²) in [5.41, 5.74) is 2.27. The van der Waals surface area contributed by atoms with Crippen molar-refractivity contribution in [3.05, 3.63) is 63.1 Å². The summed E-state index contributed by atoms with van der Waals surface area (Å²) < 4.78 is 0. The molecule has 0 bridgehead atoms. The van der Waals surface area contributed by atoms with Gasteiger partial charge in [0.25, 0.3) is 0 Å². The lowest BCUT2D eigenvalue weighted by molar-refractivity contribution is -0.380. The summed E-state index contributed by atoms with van der Waals surface area (Å²) in [6, 6.07) is 11.4.